The summed E-state index contributed by atoms with van der Waals surface area (Å²) < 4.78 is 10.9. The predicted molar refractivity (Wildman–Crippen MR) is 189 cm³/mol. The van der Waals surface area contributed by atoms with Crippen LogP contribution in [0.4, 0.5) is 22.0 Å². The molecule has 1 saturated heterocycles. The summed E-state index contributed by atoms with van der Waals surface area (Å²) in [4.78, 5) is 37.0. The Labute approximate surface area is 282 Å². The summed E-state index contributed by atoms with van der Waals surface area (Å²) in [6, 6.07) is 30.0. The Morgan fingerprint density at radius 3 is 2.31 bits per heavy atom. The highest BCUT2D eigenvalue weighted by Gasteiger charge is 2.29. The molecule has 3 aromatic carbocycles. The van der Waals surface area contributed by atoms with Gasteiger partial charge in [0, 0.05) is 51.0 Å². The number of rotatable bonds is 10. The zero-order valence-corrected chi connectivity index (χ0v) is 27.5. The number of para-hydroxylation sites is 1. The van der Waals surface area contributed by atoms with Gasteiger partial charge in [0.05, 0.1) is 18.5 Å². The Morgan fingerprint density at radius 2 is 1.58 bits per heavy atom. The molecular weight excluding hydrogens is 604 g/mol. The number of hydrogen-bond donors (Lipinski definition) is 2. The third-order valence-electron chi connectivity index (χ3n) is 9.18. The molecule has 0 unspecified atom stereocenters. The topological polar surface area (TPSA) is 113 Å². The maximum absolute atomic E-state index is 13.2. The number of pyridine rings is 1. The number of ether oxygens (including phenoxy) is 2. The van der Waals surface area contributed by atoms with Crippen LogP contribution in [-0.4, -0.2) is 73.9 Å². The van der Waals surface area contributed by atoms with Gasteiger partial charge in [0.15, 0.2) is 6.61 Å². The molecule has 2 heterocycles. The molecule has 6 rings (SSSR count). The van der Waals surface area contributed by atoms with Gasteiger partial charge in [-0.3, -0.25) is 4.79 Å². The van der Waals surface area contributed by atoms with Crippen LogP contribution < -0.4 is 25.6 Å². The highest BCUT2D eigenvalue weighted by molar-refractivity contribution is 5.96. The lowest BCUT2D eigenvalue weighted by Gasteiger charge is -2.37. The van der Waals surface area contributed by atoms with Gasteiger partial charge in [-0.2, -0.15) is 0 Å². The summed E-state index contributed by atoms with van der Waals surface area (Å²) in [5, 5.41) is 3.14. The second-order valence-corrected chi connectivity index (χ2v) is 12.4. The fourth-order valence-electron chi connectivity index (χ4n) is 6.58. The second-order valence-electron chi connectivity index (χ2n) is 12.4. The molecule has 3 N–H and O–H groups in total. The minimum atomic E-state index is -0.323. The third-order valence-corrected chi connectivity index (χ3v) is 9.18. The number of nitrogens with two attached hydrogens (primary N) is 1. The van der Waals surface area contributed by atoms with Gasteiger partial charge in [-0.05, 0) is 84.8 Å². The molecule has 2 amide bonds. The van der Waals surface area contributed by atoms with Gasteiger partial charge in [0.2, 0.25) is 0 Å². The fourth-order valence-corrected chi connectivity index (χ4v) is 6.58. The Morgan fingerprint density at radius 1 is 0.854 bits per heavy atom. The van der Waals surface area contributed by atoms with E-state index in [1.54, 1.807) is 0 Å². The first kappa shape index (κ1) is 32.8. The minimum Gasteiger partial charge on any atom is -0.484 e. The van der Waals surface area contributed by atoms with E-state index in [0.717, 1.165) is 85.7 Å². The maximum Gasteiger partial charge on any atom is 0.410 e. The van der Waals surface area contributed by atoms with Crippen LogP contribution in [0.1, 0.15) is 31.2 Å². The van der Waals surface area contributed by atoms with Gasteiger partial charge in [-0.25, -0.2) is 9.78 Å². The van der Waals surface area contributed by atoms with Crippen LogP contribution in [0, 0.1) is 0 Å². The van der Waals surface area contributed by atoms with Crippen molar-refractivity contribution in [1.29, 1.82) is 0 Å². The van der Waals surface area contributed by atoms with E-state index in [1.807, 2.05) is 77.8 Å². The molecule has 250 valence electrons. The summed E-state index contributed by atoms with van der Waals surface area (Å²) in [5.74, 6) is 1.37. The molecular formula is C38H44N6O4. The van der Waals surface area contributed by atoms with Crippen molar-refractivity contribution in [1.82, 2.24) is 9.88 Å². The minimum absolute atomic E-state index is 0.0956. The number of nitrogens with one attached hydrogen (secondary N) is 1. The lowest BCUT2D eigenvalue weighted by atomic mass is 9.90. The van der Waals surface area contributed by atoms with Gasteiger partial charge in [-0.1, -0.05) is 48.5 Å². The number of methoxy groups -OCH3 is 1. The van der Waals surface area contributed by atoms with E-state index in [-0.39, 0.29) is 30.7 Å². The maximum atomic E-state index is 13.2. The van der Waals surface area contributed by atoms with E-state index in [9.17, 15) is 9.59 Å². The molecule has 1 aliphatic heterocycles. The highest BCUT2D eigenvalue weighted by Crippen LogP contribution is 2.34. The molecule has 2 aliphatic rings. The first-order valence-electron chi connectivity index (χ1n) is 16.7. The smallest absolute Gasteiger partial charge is 0.410 e. The molecule has 1 aromatic heterocycles. The van der Waals surface area contributed by atoms with Crippen molar-refractivity contribution in [3.63, 3.8) is 0 Å². The molecule has 0 bridgehead atoms. The van der Waals surface area contributed by atoms with E-state index in [2.05, 4.69) is 44.4 Å². The number of carbonyl (C=O) groups excluding carboxylic acids is 2. The van der Waals surface area contributed by atoms with Crippen molar-refractivity contribution >= 4 is 29.2 Å². The molecule has 1 saturated carbocycles. The van der Waals surface area contributed by atoms with Crippen LogP contribution in [0.5, 0.6) is 5.75 Å². The monoisotopic (exact) mass is 648 g/mol. The Hall–Kier alpha value is -5.09. The molecule has 10 nitrogen and oxygen atoms in total. The van der Waals surface area contributed by atoms with E-state index in [0.29, 0.717) is 12.3 Å². The standard InChI is InChI=1S/C38H44N6O4/c1-47-38(46)44(32-16-14-31(39)15-17-32)26-28-8-7-9-29(24-28)30-13-18-35(42-20-22-43(23-21-42)36-12-5-6-19-40-36)34(25-30)41-37(45)27-48-33-10-3-2-4-11-33/h2-13,18-19,24-25,31-32H,14-17,20-23,26-27,39H2,1H3,(H,41,45). The molecule has 1 aliphatic carbocycles. The van der Waals surface area contributed by atoms with Crippen molar-refractivity contribution in [2.24, 2.45) is 5.73 Å². The second kappa shape index (κ2) is 15.7. The lowest BCUT2D eigenvalue weighted by Crippen LogP contribution is -2.47. The van der Waals surface area contributed by atoms with E-state index < -0.39 is 0 Å². The van der Waals surface area contributed by atoms with Crippen molar-refractivity contribution < 1.29 is 19.1 Å². The quantitative estimate of drug-likeness (QED) is 0.218. The Kier molecular flexibility index (Phi) is 10.7. The molecule has 48 heavy (non-hydrogen) atoms. The largest absolute Gasteiger partial charge is 0.484 e. The number of carbonyl (C=O) groups is 2. The van der Waals surface area contributed by atoms with Gasteiger partial charge >= 0.3 is 6.09 Å². The summed E-state index contributed by atoms with van der Waals surface area (Å²) in [5.41, 5.74) is 10.8. The molecule has 4 aromatic rings. The number of benzene rings is 3. The number of amides is 2. The molecule has 0 spiro atoms. The van der Waals surface area contributed by atoms with Crippen LogP contribution in [0.15, 0.2) is 97.2 Å². The molecule has 10 heteroatoms. The highest BCUT2D eigenvalue weighted by atomic mass is 16.5. The number of aromatic nitrogens is 1. The van der Waals surface area contributed by atoms with Gasteiger partial charge < -0.3 is 35.2 Å². The number of anilines is 3. The zero-order valence-electron chi connectivity index (χ0n) is 27.5. The molecule has 2 fully saturated rings. The van der Waals surface area contributed by atoms with E-state index >= 15 is 0 Å². The molecule has 0 radical (unpaired) electrons. The summed E-state index contributed by atoms with van der Waals surface area (Å²) in [7, 11) is 1.43. The van der Waals surface area contributed by atoms with Crippen LogP contribution in [0.2, 0.25) is 0 Å². The number of nitrogens with zero attached hydrogens (tertiary/aromatic N) is 4. The third kappa shape index (κ3) is 8.24. The summed E-state index contributed by atoms with van der Waals surface area (Å²) in [6.45, 7) is 3.53. The van der Waals surface area contributed by atoms with Crippen molar-refractivity contribution in [3.05, 3.63) is 103 Å². The van der Waals surface area contributed by atoms with Crippen LogP contribution in [-0.2, 0) is 16.1 Å². The number of hydrogen-bond acceptors (Lipinski definition) is 8. The van der Waals surface area contributed by atoms with Gasteiger partial charge in [0.25, 0.3) is 5.91 Å². The zero-order chi connectivity index (χ0) is 33.3. The Bertz CT molecular complexity index is 1650. The van der Waals surface area contributed by atoms with Gasteiger partial charge in [0.1, 0.15) is 11.6 Å². The predicted octanol–water partition coefficient (Wildman–Crippen LogP) is 5.93. The van der Waals surface area contributed by atoms with Crippen molar-refractivity contribution in [2.75, 3.05) is 55.0 Å². The summed E-state index contributed by atoms with van der Waals surface area (Å²) in [6.07, 6.45) is 5.02. The van der Waals surface area contributed by atoms with E-state index in [1.165, 1.54) is 7.11 Å². The summed E-state index contributed by atoms with van der Waals surface area (Å²) >= 11 is 0. The van der Waals surface area contributed by atoms with Gasteiger partial charge in [-0.15, -0.1) is 0 Å². The van der Waals surface area contributed by atoms with E-state index in [4.69, 9.17) is 15.2 Å². The van der Waals surface area contributed by atoms with Crippen molar-refractivity contribution in [3.8, 4) is 16.9 Å². The Balaban J connectivity index is 1.22. The first-order valence-corrected chi connectivity index (χ1v) is 16.7. The van der Waals surface area contributed by atoms with Crippen LogP contribution in [0.3, 0.4) is 0 Å². The SMILES string of the molecule is COC(=O)N(Cc1cccc(-c2ccc(N3CCN(c4ccccn4)CC3)c(NC(=O)COc3ccccc3)c2)c1)C1CCC(N)CC1. The van der Waals surface area contributed by atoms with Crippen LogP contribution >= 0.6 is 0 Å². The first-order chi connectivity index (χ1) is 23.5. The normalized spacial score (nSPS) is 17.8. The average molecular weight is 649 g/mol. The van der Waals surface area contributed by atoms with Crippen LogP contribution in [0.25, 0.3) is 11.1 Å². The number of piperazine rings is 1. The average Bonchev–Trinajstić information content (AvgIpc) is 3.14. The van der Waals surface area contributed by atoms with Crippen molar-refractivity contribution in [2.45, 2.75) is 44.3 Å². The lowest BCUT2D eigenvalue weighted by molar-refractivity contribution is -0.118. The molecule has 0 atom stereocenters. The fraction of sp³-hybridized carbons (Fsp3) is 0.342.